The van der Waals surface area contributed by atoms with E-state index in [0.29, 0.717) is 5.92 Å². The predicted octanol–water partition coefficient (Wildman–Crippen LogP) is 4.34. The van der Waals surface area contributed by atoms with Crippen LogP contribution in [0.5, 0.6) is 0 Å². The van der Waals surface area contributed by atoms with Crippen molar-refractivity contribution in [2.75, 3.05) is 0 Å². The van der Waals surface area contributed by atoms with E-state index in [-0.39, 0.29) is 46.2 Å². The summed E-state index contributed by atoms with van der Waals surface area (Å²) in [7, 11) is 0. The maximum Gasteiger partial charge on any atom is 0 e. The maximum atomic E-state index is 2.24. The summed E-state index contributed by atoms with van der Waals surface area (Å²) in [5.74, 6) is 0.621. The molecule has 1 aliphatic rings. The third kappa shape index (κ3) is 3.49. The van der Waals surface area contributed by atoms with Crippen molar-refractivity contribution in [3.63, 3.8) is 0 Å². The van der Waals surface area contributed by atoms with Gasteiger partial charge >= 0.3 is 0 Å². The van der Waals surface area contributed by atoms with Gasteiger partial charge in [-0.25, -0.2) is 0 Å². The molecule has 0 heterocycles. The van der Waals surface area contributed by atoms with Gasteiger partial charge in [0.25, 0.3) is 0 Å². The van der Waals surface area contributed by atoms with Crippen molar-refractivity contribution < 1.29 is 0 Å². The summed E-state index contributed by atoms with van der Waals surface area (Å²) in [6, 6.07) is 8.54. The number of benzene rings is 1. The summed E-state index contributed by atoms with van der Waals surface area (Å²) in [5, 5.41) is 0. The van der Waals surface area contributed by atoms with E-state index < -0.39 is 0 Å². The molecule has 0 aromatic heterocycles. The SMILES string of the molecule is C.C.C.CC1C=Cc2ccccc21.[Sn]. The molecule has 14 heavy (non-hydrogen) atoms. The summed E-state index contributed by atoms with van der Waals surface area (Å²) < 4.78 is 0. The number of hydrogen-bond donors (Lipinski definition) is 0. The molecule has 1 unspecified atom stereocenters. The molecule has 0 saturated carbocycles. The van der Waals surface area contributed by atoms with E-state index in [1.54, 1.807) is 0 Å². The normalized spacial score (nSPS) is 15.1. The fraction of sp³-hybridized carbons (Fsp3) is 0.385. The molecule has 1 heteroatoms. The zero-order valence-corrected chi connectivity index (χ0v) is 9.40. The molecule has 1 atom stereocenters. The Kier molecular flexibility index (Phi) is 11.2. The van der Waals surface area contributed by atoms with Gasteiger partial charge in [0, 0.05) is 23.9 Å². The zero-order valence-electron chi connectivity index (χ0n) is 6.54. The Balaban J connectivity index is -0.000000302. The van der Waals surface area contributed by atoms with Gasteiger partial charge in [-0.2, -0.15) is 0 Å². The average molecular weight is 297 g/mol. The van der Waals surface area contributed by atoms with E-state index in [2.05, 4.69) is 43.3 Å². The van der Waals surface area contributed by atoms with E-state index in [1.165, 1.54) is 11.1 Å². The van der Waals surface area contributed by atoms with Crippen LogP contribution in [-0.2, 0) is 0 Å². The molecule has 78 valence electrons. The fourth-order valence-corrected chi connectivity index (χ4v) is 1.43. The molecule has 0 N–H and O–H groups in total. The molecule has 1 aromatic carbocycles. The number of allylic oxidation sites excluding steroid dienone is 1. The average Bonchev–Trinajstić information content (AvgIpc) is 2.34. The molecule has 0 bridgehead atoms. The first-order valence-electron chi connectivity index (χ1n) is 3.65. The molecule has 1 aliphatic carbocycles. The van der Waals surface area contributed by atoms with Crippen molar-refractivity contribution in [2.24, 2.45) is 0 Å². The molecule has 0 spiro atoms. The van der Waals surface area contributed by atoms with Crippen LogP contribution in [-0.4, -0.2) is 23.9 Å². The summed E-state index contributed by atoms with van der Waals surface area (Å²) in [6.07, 6.45) is 4.44. The fourth-order valence-electron chi connectivity index (χ4n) is 1.43. The van der Waals surface area contributed by atoms with Crippen LogP contribution in [0.25, 0.3) is 6.08 Å². The van der Waals surface area contributed by atoms with Gasteiger partial charge in [-0.1, -0.05) is 65.6 Å². The Morgan fingerprint density at radius 2 is 1.57 bits per heavy atom. The van der Waals surface area contributed by atoms with E-state index in [1.807, 2.05) is 0 Å². The Hall–Kier alpha value is -0.241. The summed E-state index contributed by atoms with van der Waals surface area (Å²) >= 11 is 0. The Labute approximate surface area is 106 Å². The van der Waals surface area contributed by atoms with E-state index in [9.17, 15) is 0 Å². The Morgan fingerprint density at radius 1 is 1.00 bits per heavy atom. The third-order valence-corrected chi connectivity index (χ3v) is 2.05. The number of fused-ring (bicyclic) bond motifs is 1. The third-order valence-electron chi connectivity index (χ3n) is 2.05. The van der Waals surface area contributed by atoms with Crippen molar-refractivity contribution in [3.05, 3.63) is 41.5 Å². The van der Waals surface area contributed by atoms with Crippen LogP contribution in [0.2, 0.25) is 0 Å². The Morgan fingerprint density at radius 3 is 2.14 bits per heavy atom. The molecular formula is C13H22Sn. The van der Waals surface area contributed by atoms with Gasteiger partial charge in [0.05, 0.1) is 0 Å². The molecule has 1 aromatic rings. The topological polar surface area (TPSA) is 0 Å². The molecule has 0 fully saturated rings. The first kappa shape index (κ1) is 19.3. The minimum absolute atomic E-state index is 0. The molecule has 0 saturated heterocycles. The largest absolute Gasteiger partial charge is 0.0776 e. The van der Waals surface area contributed by atoms with Crippen molar-refractivity contribution in [1.82, 2.24) is 0 Å². The number of hydrogen-bond acceptors (Lipinski definition) is 0. The second-order valence-electron chi connectivity index (χ2n) is 2.78. The van der Waals surface area contributed by atoms with Gasteiger partial charge in [-0.05, 0) is 17.0 Å². The zero-order chi connectivity index (χ0) is 6.97. The second kappa shape index (κ2) is 8.10. The molecule has 0 amide bonds. The quantitative estimate of drug-likeness (QED) is 0.625. The van der Waals surface area contributed by atoms with Crippen LogP contribution in [0.15, 0.2) is 30.3 Å². The summed E-state index contributed by atoms with van der Waals surface area (Å²) in [6.45, 7) is 2.22. The summed E-state index contributed by atoms with van der Waals surface area (Å²) in [4.78, 5) is 0. The van der Waals surface area contributed by atoms with Crippen LogP contribution in [0, 0.1) is 0 Å². The van der Waals surface area contributed by atoms with Gasteiger partial charge in [0.15, 0.2) is 0 Å². The van der Waals surface area contributed by atoms with Crippen molar-refractivity contribution in [2.45, 2.75) is 35.1 Å². The molecule has 4 radical (unpaired) electrons. The Bertz CT molecular complexity index is 276. The van der Waals surface area contributed by atoms with Gasteiger partial charge in [0.1, 0.15) is 0 Å². The van der Waals surface area contributed by atoms with Crippen LogP contribution < -0.4 is 0 Å². The predicted molar refractivity (Wildman–Crippen MR) is 69.8 cm³/mol. The van der Waals surface area contributed by atoms with Gasteiger partial charge in [-0.3, -0.25) is 0 Å². The smallest absolute Gasteiger partial charge is 0 e. The molecule has 0 nitrogen and oxygen atoms in total. The van der Waals surface area contributed by atoms with Crippen LogP contribution >= 0.6 is 0 Å². The van der Waals surface area contributed by atoms with Gasteiger partial charge < -0.3 is 0 Å². The molecule has 0 aliphatic heterocycles. The standard InChI is InChI=1S/C10H10.3CH4.Sn/c1-8-6-7-9-4-2-3-5-10(8)9;;;;/h2-8H,1H3;3*1H4;. The maximum absolute atomic E-state index is 2.24. The van der Waals surface area contributed by atoms with Crippen molar-refractivity contribution >= 4 is 30.0 Å². The molecular weight excluding hydrogens is 275 g/mol. The number of rotatable bonds is 0. The minimum atomic E-state index is 0. The summed E-state index contributed by atoms with van der Waals surface area (Å²) in [5.41, 5.74) is 2.84. The van der Waals surface area contributed by atoms with E-state index in [0.717, 1.165) is 0 Å². The van der Waals surface area contributed by atoms with Gasteiger partial charge in [0.2, 0.25) is 0 Å². The van der Waals surface area contributed by atoms with Crippen LogP contribution in [0.3, 0.4) is 0 Å². The second-order valence-corrected chi connectivity index (χ2v) is 2.78. The van der Waals surface area contributed by atoms with Crippen LogP contribution in [0.1, 0.15) is 46.2 Å². The molecule has 2 rings (SSSR count). The minimum Gasteiger partial charge on any atom is -0.0776 e. The van der Waals surface area contributed by atoms with Crippen molar-refractivity contribution in [1.29, 1.82) is 0 Å². The van der Waals surface area contributed by atoms with Gasteiger partial charge in [-0.15, -0.1) is 0 Å². The van der Waals surface area contributed by atoms with E-state index >= 15 is 0 Å². The first-order valence-corrected chi connectivity index (χ1v) is 3.65. The first-order chi connectivity index (χ1) is 4.88. The van der Waals surface area contributed by atoms with Crippen LogP contribution in [0.4, 0.5) is 0 Å². The monoisotopic (exact) mass is 298 g/mol. The van der Waals surface area contributed by atoms with Crippen molar-refractivity contribution in [3.8, 4) is 0 Å². The van der Waals surface area contributed by atoms with E-state index in [4.69, 9.17) is 0 Å².